The summed E-state index contributed by atoms with van der Waals surface area (Å²) in [5.74, 6) is -3.14. The molecule has 12 heteroatoms. The van der Waals surface area contributed by atoms with E-state index in [1.54, 1.807) is 86.6 Å². The van der Waals surface area contributed by atoms with Gasteiger partial charge in [-0.15, -0.1) is 0 Å². The summed E-state index contributed by atoms with van der Waals surface area (Å²) in [6, 6.07) is 7.65. The van der Waals surface area contributed by atoms with Crippen LogP contribution in [0.4, 0.5) is 4.79 Å². The molecule has 11 nitrogen and oxygen atoms in total. The van der Waals surface area contributed by atoms with Gasteiger partial charge in [0.2, 0.25) is 7.37 Å². The molecule has 2 N–H and O–H groups in total. The molecule has 3 atom stereocenters. The van der Waals surface area contributed by atoms with Gasteiger partial charge in [-0.25, -0.2) is 9.59 Å². The zero-order chi connectivity index (χ0) is 32.4. The first-order valence-corrected chi connectivity index (χ1v) is 16.0. The summed E-state index contributed by atoms with van der Waals surface area (Å²) in [4.78, 5) is 61.4. The molecule has 1 amide bonds. The Morgan fingerprint density at radius 3 is 1.86 bits per heavy atom. The molecular formula is C30H48NO10P. The molecule has 0 fully saturated rings. The Morgan fingerprint density at radius 2 is 1.33 bits per heavy atom. The predicted octanol–water partition coefficient (Wildman–Crippen LogP) is 5.36. The third kappa shape index (κ3) is 17.1. The Bertz CT molecular complexity index is 1100. The van der Waals surface area contributed by atoms with E-state index in [9.17, 15) is 28.6 Å². The van der Waals surface area contributed by atoms with Gasteiger partial charge < -0.3 is 29.2 Å². The lowest BCUT2D eigenvalue weighted by Crippen LogP contribution is -2.45. The van der Waals surface area contributed by atoms with Crippen LogP contribution in [-0.4, -0.2) is 64.1 Å². The van der Waals surface area contributed by atoms with Crippen molar-refractivity contribution in [3.8, 4) is 0 Å². The lowest BCUT2D eigenvalue weighted by Gasteiger charge is -2.27. The Morgan fingerprint density at radius 1 is 0.810 bits per heavy atom. The van der Waals surface area contributed by atoms with Crippen LogP contribution in [0.5, 0.6) is 0 Å². The molecule has 1 rings (SSSR count). The summed E-state index contributed by atoms with van der Waals surface area (Å²) in [6.07, 6.45) is -2.27. The molecule has 42 heavy (non-hydrogen) atoms. The van der Waals surface area contributed by atoms with Gasteiger partial charge in [0.1, 0.15) is 29.5 Å². The zero-order valence-electron chi connectivity index (χ0n) is 26.4. The fourth-order valence-corrected chi connectivity index (χ4v) is 5.51. The minimum absolute atomic E-state index is 0.0403. The van der Waals surface area contributed by atoms with E-state index < -0.39 is 72.5 Å². The second kappa shape index (κ2) is 15.5. The highest BCUT2D eigenvalue weighted by atomic mass is 31.2. The molecule has 0 spiro atoms. The number of hydrogen-bond donors (Lipinski definition) is 2. The Balaban J connectivity index is 2.99. The molecule has 0 aliphatic carbocycles. The molecule has 2 unspecified atom stereocenters. The van der Waals surface area contributed by atoms with Gasteiger partial charge in [-0.2, -0.15) is 0 Å². The summed E-state index contributed by atoms with van der Waals surface area (Å²) in [5, 5.41) is 2.43. The number of benzene rings is 1. The van der Waals surface area contributed by atoms with Crippen LogP contribution >= 0.6 is 7.37 Å². The van der Waals surface area contributed by atoms with Crippen molar-refractivity contribution < 1.29 is 47.6 Å². The molecule has 0 saturated heterocycles. The standard InChI is InChI=1S/C30H48NO10P/c1-28(2,3)39-24(32)16-15-22(25(33)40-29(4,5)6)20-42(36,37)18-17-23(26(34)41-30(7,8)9)31-27(35)38-19-21-13-11-10-12-14-21/h10-14,22-23H,15-20H2,1-9H3,(H,31,35)(H,36,37)/t22?,23-/m0/s1. The fourth-order valence-electron chi connectivity index (χ4n) is 3.65. The van der Waals surface area contributed by atoms with Crippen molar-refractivity contribution in [1.82, 2.24) is 5.32 Å². The van der Waals surface area contributed by atoms with E-state index >= 15 is 0 Å². The van der Waals surface area contributed by atoms with Crippen LogP contribution in [0.3, 0.4) is 0 Å². The molecule has 0 aliphatic rings. The first-order valence-electron chi connectivity index (χ1n) is 14.0. The first-order chi connectivity index (χ1) is 19.1. The second-order valence-electron chi connectivity index (χ2n) is 13.2. The second-order valence-corrected chi connectivity index (χ2v) is 15.7. The lowest BCUT2D eigenvalue weighted by molar-refractivity contribution is -0.161. The summed E-state index contributed by atoms with van der Waals surface area (Å²) in [7, 11) is -4.07. The summed E-state index contributed by atoms with van der Waals surface area (Å²) in [5.41, 5.74) is -1.72. The molecule has 0 aromatic heterocycles. The van der Waals surface area contributed by atoms with Crippen molar-refractivity contribution in [3.63, 3.8) is 0 Å². The van der Waals surface area contributed by atoms with E-state index in [1.807, 2.05) is 6.07 Å². The minimum Gasteiger partial charge on any atom is -0.460 e. The van der Waals surface area contributed by atoms with Crippen molar-refractivity contribution in [3.05, 3.63) is 35.9 Å². The highest BCUT2D eigenvalue weighted by molar-refractivity contribution is 7.58. The van der Waals surface area contributed by atoms with Gasteiger partial charge in [0.25, 0.3) is 0 Å². The van der Waals surface area contributed by atoms with E-state index in [1.165, 1.54) is 0 Å². The van der Waals surface area contributed by atoms with E-state index in [0.29, 0.717) is 0 Å². The monoisotopic (exact) mass is 613 g/mol. The van der Waals surface area contributed by atoms with Crippen molar-refractivity contribution >= 4 is 31.4 Å². The van der Waals surface area contributed by atoms with E-state index in [4.69, 9.17) is 18.9 Å². The van der Waals surface area contributed by atoms with Crippen LogP contribution in [-0.2, 0) is 44.5 Å². The maximum absolute atomic E-state index is 13.3. The number of carbonyl (C=O) groups excluding carboxylic acids is 4. The summed E-state index contributed by atoms with van der Waals surface area (Å²) < 4.78 is 34.7. The van der Waals surface area contributed by atoms with Crippen molar-refractivity contribution in [2.75, 3.05) is 12.3 Å². The van der Waals surface area contributed by atoms with Gasteiger partial charge in [0.15, 0.2) is 0 Å². The zero-order valence-corrected chi connectivity index (χ0v) is 27.2. The van der Waals surface area contributed by atoms with Crippen LogP contribution in [0.2, 0.25) is 0 Å². The molecule has 0 heterocycles. The molecule has 0 aliphatic heterocycles. The van der Waals surface area contributed by atoms with Gasteiger partial charge in [-0.1, -0.05) is 30.3 Å². The number of amides is 1. The first kappa shape index (κ1) is 37.1. The van der Waals surface area contributed by atoms with Crippen LogP contribution in [0.1, 0.15) is 87.1 Å². The van der Waals surface area contributed by atoms with Gasteiger partial charge in [-0.3, -0.25) is 14.2 Å². The molecule has 238 valence electrons. The smallest absolute Gasteiger partial charge is 0.408 e. The highest BCUT2D eigenvalue weighted by Gasteiger charge is 2.35. The summed E-state index contributed by atoms with van der Waals surface area (Å²) in [6.45, 7) is 15.1. The van der Waals surface area contributed by atoms with Gasteiger partial charge in [0.05, 0.1) is 5.92 Å². The van der Waals surface area contributed by atoms with Crippen LogP contribution in [0.15, 0.2) is 30.3 Å². The Labute approximate surface area is 249 Å². The number of carbonyl (C=O) groups is 4. The largest absolute Gasteiger partial charge is 0.460 e. The number of esters is 3. The number of alkyl carbamates (subject to hydrolysis) is 1. The molecular weight excluding hydrogens is 565 g/mol. The van der Waals surface area contributed by atoms with Crippen LogP contribution < -0.4 is 5.32 Å². The number of ether oxygens (including phenoxy) is 4. The molecule has 1 aromatic rings. The predicted molar refractivity (Wildman–Crippen MR) is 158 cm³/mol. The van der Waals surface area contributed by atoms with Gasteiger partial charge >= 0.3 is 24.0 Å². The normalized spacial score (nSPS) is 15.0. The van der Waals surface area contributed by atoms with Crippen molar-refractivity contribution in [2.24, 2.45) is 5.92 Å². The molecule has 1 aromatic carbocycles. The third-order valence-electron chi connectivity index (χ3n) is 5.33. The van der Waals surface area contributed by atoms with Crippen molar-refractivity contribution in [2.45, 2.75) is 111 Å². The average Bonchev–Trinajstić information content (AvgIpc) is 2.80. The maximum Gasteiger partial charge on any atom is 0.408 e. The molecule has 0 saturated carbocycles. The van der Waals surface area contributed by atoms with E-state index in [0.717, 1.165) is 5.56 Å². The quantitative estimate of drug-likeness (QED) is 0.169. The van der Waals surface area contributed by atoms with Crippen LogP contribution in [0, 0.1) is 5.92 Å². The van der Waals surface area contributed by atoms with Crippen molar-refractivity contribution in [1.29, 1.82) is 0 Å². The third-order valence-corrected chi connectivity index (χ3v) is 7.29. The molecule has 0 bridgehead atoms. The number of hydrogen-bond acceptors (Lipinski definition) is 9. The Kier molecular flexibility index (Phi) is 13.7. The van der Waals surface area contributed by atoms with Gasteiger partial charge in [-0.05, 0) is 80.7 Å². The Hall–Kier alpha value is -2.91. The van der Waals surface area contributed by atoms with Crippen LogP contribution in [0.25, 0.3) is 0 Å². The minimum atomic E-state index is -4.07. The maximum atomic E-state index is 13.3. The highest BCUT2D eigenvalue weighted by Crippen LogP contribution is 2.45. The van der Waals surface area contributed by atoms with Gasteiger partial charge in [0, 0.05) is 18.7 Å². The lowest BCUT2D eigenvalue weighted by atomic mass is 10.0. The SMILES string of the molecule is CC(C)(C)OC(=O)CCC(CP(=O)(O)CC[C@H](NC(=O)OCc1ccccc1)C(=O)OC(C)(C)C)C(=O)OC(C)(C)C. The summed E-state index contributed by atoms with van der Waals surface area (Å²) >= 11 is 0. The topological polar surface area (TPSA) is 155 Å². The van der Waals surface area contributed by atoms with E-state index in [2.05, 4.69) is 5.32 Å². The molecule has 0 radical (unpaired) electrons. The fraction of sp³-hybridized carbons (Fsp3) is 0.667. The van der Waals surface area contributed by atoms with E-state index in [-0.39, 0.29) is 25.9 Å². The average molecular weight is 614 g/mol. The number of nitrogens with one attached hydrogen (secondary N) is 1. The number of rotatable bonds is 13.